The van der Waals surface area contributed by atoms with Crippen molar-refractivity contribution in [3.63, 3.8) is 0 Å². The number of aliphatic hydroxyl groups is 15. The molecule has 10 aliphatic rings. The van der Waals surface area contributed by atoms with Crippen LogP contribution in [0.5, 0.6) is 0 Å². The van der Waals surface area contributed by atoms with Crippen LogP contribution in [0.1, 0.15) is 120 Å². The van der Waals surface area contributed by atoms with Gasteiger partial charge in [-0.1, -0.05) is 60.1 Å². The summed E-state index contributed by atoms with van der Waals surface area (Å²) in [7, 11) is 0. The maximum atomic E-state index is 15.1. The zero-order valence-corrected chi connectivity index (χ0v) is 49.8. The second-order valence-corrected chi connectivity index (χ2v) is 28.6. The van der Waals surface area contributed by atoms with Gasteiger partial charge in [0.2, 0.25) is 0 Å². The molecule has 26 nitrogen and oxygen atoms in total. The Morgan fingerprint density at radius 2 is 1.16 bits per heavy atom. The van der Waals surface area contributed by atoms with Crippen molar-refractivity contribution in [3.05, 3.63) is 11.6 Å². The zero-order valence-electron chi connectivity index (χ0n) is 49.8. The minimum Gasteiger partial charge on any atom is -0.454 e. The second kappa shape index (κ2) is 24.4. The van der Waals surface area contributed by atoms with Gasteiger partial charge in [0, 0.05) is 0 Å². The number of hydrogen-bond acceptors (Lipinski definition) is 26. The largest absolute Gasteiger partial charge is 0.454 e. The fourth-order valence-corrected chi connectivity index (χ4v) is 17.7. The normalized spacial score (nSPS) is 54.1. The average molecular weight is 1220 g/mol. The molecule has 488 valence electrons. The van der Waals surface area contributed by atoms with Crippen molar-refractivity contribution in [1.29, 1.82) is 0 Å². The van der Waals surface area contributed by atoms with Crippen molar-refractivity contribution < 1.29 is 129 Å². The number of allylic oxidation sites excluding steroid dienone is 2. The molecule has 0 bridgehead atoms. The predicted molar refractivity (Wildman–Crippen MR) is 288 cm³/mol. The molecule has 5 heterocycles. The van der Waals surface area contributed by atoms with E-state index in [4.69, 9.17) is 47.4 Å². The van der Waals surface area contributed by atoms with Gasteiger partial charge in [-0.05, 0) is 116 Å². The summed E-state index contributed by atoms with van der Waals surface area (Å²) < 4.78 is 58.5. The van der Waals surface area contributed by atoms with E-state index in [-0.39, 0.29) is 52.1 Å². The Bertz CT molecular complexity index is 2360. The highest BCUT2D eigenvalue weighted by Crippen LogP contribution is 2.76. The van der Waals surface area contributed by atoms with Crippen molar-refractivity contribution in [1.82, 2.24) is 0 Å². The summed E-state index contributed by atoms with van der Waals surface area (Å²) in [6, 6.07) is 0. The van der Waals surface area contributed by atoms with Gasteiger partial charge >= 0.3 is 5.97 Å². The van der Waals surface area contributed by atoms with Crippen molar-refractivity contribution in [2.45, 2.75) is 273 Å². The van der Waals surface area contributed by atoms with E-state index < -0.39 is 184 Å². The van der Waals surface area contributed by atoms with E-state index >= 15 is 4.79 Å². The Kier molecular flexibility index (Phi) is 19.0. The molecule has 85 heavy (non-hydrogen) atoms. The fraction of sp³-hybridized carbons (Fsp3) is 0.949. The second-order valence-electron chi connectivity index (χ2n) is 28.6. The molecule has 3 unspecified atom stereocenters. The first-order chi connectivity index (χ1) is 39.8. The monoisotopic (exact) mass is 1220 g/mol. The molecule has 5 saturated heterocycles. The molecule has 26 heteroatoms. The summed E-state index contributed by atoms with van der Waals surface area (Å²) in [6.07, 6.45) is -29.2. The first-order valence-electron chi connectivity index (χ1n) is 30.6. The molecule has 10 rings (SSSR count). The lowest BCUT2D eigenvalue weighted by atomic mass is 9.33. The van der Waals surface area contributed by atoms with Crippen molar-refractivity contribution in [2.75, 3.05) is 26.4 Å². The number of esters is 1. The van der Waals surface area contributed by atoms with Gasteiger partial charge in [0.25, 0.3) is 0 Å². The third kappa shape index (κ3) is 11.2. The number of ether oxygens (including phenoxy) is 10. The molecule has 4 saturated carbocycles. The smallest absolute Gasteiger partial charge is 0.313 e. The summed E-state index contributed by atoms with van der Waals surface area (Å²) in [4.78, 5) is 15.1. The van der Waals surface area contributed by atoms with Crippen LogP contribution >= 0.6 is 0 Å². The Morgan fingerprint density at radius 3 is 1.82 bits per heavy atom. The molecule has 5 aliphatic carbocycles. The number of hydrogen-bond donors (Lipinski definition) is 15. The van der Waals surface area contributed by atoms with E-state index in [9.17, 15) is 76.6 Å². The summed E-state index contributed by atoms with van der Waals surface area (Å²) in [5, 5.41) is 161. The summed E-state index contributed by atoms with van der Waals surface area (Å²) >= 11 is 0. The molecule has 0 radical (unpaired) electrons. The highest BCUT2D eigenvalue weighted by Gasteiger charge is 2.70. The van der Waals surface area contributed by atoms with E-state index in [1.54, 1.807) is 0 Å². The molecule has 9 fully saturated rings. The standard InChI is InChI=1S/C59H96O26/c1-24-34(62)45(83-51-43(71)40(68)36(64)28(21-61)82-51)44(72)52(78-24)84-46-38(66)30(22-76-48(46)73)79-33-12-13-56(6)31(55(33,4)5)11-14-58(8)32(56)10-9-25-26-19-54(2,3)15-17-59(26,18-16-57(25,58)7)53(75)85-47-41(69)37(65)29(80-49(47)74)23-77-50-42(70)39(67)35(63)27(20-60)81-50/h9,24,26-52,60-74H,10-23H2,1-8H3/t24-,26?,27+,28+,29+,30-,31?,32?,33-,34-,35+,36+,37+,38-,39-,40-,41-,42+,43+,44+,45+,46+,47+,48+,49+,50+,51-,52-,56-,57+,58+,59-/m0/s1. The van der Waals surface area contributed by atoms with Gasteiger partial charge in [-0.15, -0.1) is 0 Å². The Hall–Kier alpha value is -1.75. The highest BCUT2D eigenvalue weighted by molar-refractivity contribution is 5.79. The molecule has 0 amide bonds. The summed E-state index contributed by atoms with van der Waals surface area (Å²) in [5.74, 6) is -0.442. The fourth-order valence-electron chi connectivity index (χ4n) is 17.7. The van der Waals surface area contributed by atoms with E-state index in [2.05, 4.69) is 54.5 Å². The van der Waals surface area contributed by atoms with Gasteiger partial charge in [-0.3, -0.25) is 4.79 Å². The van der Waals surface area contributed by atoms with Crippen LogP contribution in [-0.4, -0.2) is 263 Å². The molecule has 0 aromatic rings. The molecule has 0 spiro atoms. The van der Waals surface area contributed by atoms with Gasteiger partial charge in [-0.25, -0.2) is 0 Å². The lowest BCUT2D eigenvalue weighted by Gasteiger charge is -2.71. The van der Waals surface area contributed by atoms with Crippen molar-refractivity contribution >= 4 is 5.97 Å². The number of carbonyl (C=O) groups excluding carboxylic acids is 1. The van der Waals surface area contributed by atoms with E-state index in [0.717, 1.165) is 32.1 Å². The van der Waals surface area contributed by atoms with Crippen LogP contribution in [0.2, 0.25) is 0 Å². The Balaban J connectivity index is 0.806. The number of fused-ring (bicyclic) bond motifs is 7. The topological polar surface area (TPSA) is 413 Å². The molecular weight excluding hydrogens is 1120 g/mol. The van der Waals surface area contributed by atoms with Crippen LogP contribution in [0.3, 0.4) is 0 Å². The quantitative estimate of drug-likeness (QED) is 0.0667. The van der Waals surface area contributed by atoms with Crippen LogP contribution in [0, 0.1) is 50.2 Å². The predicted octanol–water partition coefficient (Wildman–Crippen LogP) is -2.54. The molecule has 0 aromatic carbocycles. The molecular formula is C59H96O26. The van der Waals surface area contributed by atoms with Gasteiger partial charge in [0.15, 0.2) is 37.6 Å². The lowest BCUT2D eigenvalue weighted by Crippen LogP contribution is -2.66. The van der Waals surface area contributed by atoms with E-state index in [1.165, 1.54) is 12.5 Å². The van der Waals surface area contributed by atoms with Crippen LogP contribution in [0.15, 0.2) is 11.6 Å². The first-order valence-corrected chi connectivity index (χ1v) is 30.6. The third-order valence-electron chi connectivity index (χ3n) is 23.1. The number of rotatable bonds is 13. The third-order valence-corrected chi connectivity index (χ3v) is 23.1. The Labute approximate surface area is 494 Å². The van der Waals surface area contributed by atoms with Crippen LogP contribution < -0.4 is 0 Å². The molecule has 32 atom stereocenters. The Morgan fingerprint density at radius 1 is 0.565 bits per heavy atom. The summed E-state index contributed by atoms with van der Waals surface area (Å²) in [5.41, 5.74) is -1.10. The maximum Gasteiger partial charge on any atom is 0.313 e. The van der Waals surface area contributed by atoms with Crippen molar-refractivity contribution in [2.24, 2.45) is 50.2 Å². The van der Waals surface area contributed by atoms with Gasteiger partial charge in [0.1, 0.15) is 104 Å². The highest BCUT2D eigenvalue weighted by atomic mass is 16.8. The lowest BCUT2D eigenvalue weighted by molar-refractivity contribution is -0.377. The molecule has 5 aliphatic heterocycles. The van der Waals surface area contributed by atoms with E-state index in [0.29, 0.717) is 32.1 Å². The minimum absolute atomic E-state index is 0.138. The minimum atomic E-state index is -1.89. The summed E-state index contributed by atoms with van der Waals surface area (Å²) in [6.45, 7) is 15.3. The van der Waals surface area contributed by atoms with Crippen LogP contribution in [-0.2, 0) is 52.2 Å². The van der Waals surface area contributed by atoms with Gasteiger partial charge < -0.3 is 124 Å². The molecule has 0 aromatic heterocycles. The van der Waals surface area contributed by atoms with Gasteiger partial charge in [-0.2, -0.15) is 0 Å². The van der Waals surface area contributed by atoms with Crippen molar-refractivity contribution in [3.8, 4) is 0 Å². The van der Waals surface area contributed by atoms with Crippen LogP contribution in [0.25, 0.3) is 0 Å². The first kappa shape index (κ1) is 66.2. The average Bonchev–Trinajstić information content (AvgIpc) is 0.834. The van der Waals surface area contributed by atoms with Gasteiger partial charge in [0.05, 0.1) is 44.1 Å². The number of aliphatic hydroxyl groups excluding tert-OH is 15. The maximum absolute atomic E-state index is 15.1. The number of carbonyl (C=O) groups is 1. The van der Waals surface area contributed by atoms with E-state index in [1.807, 2.05) is 0 Å². The van der Waals surface area contributed by atoms with Crippen LogP contribution in [0.4, 0.5) is 0 Å². The zero-order chi connectivity index (χ0) is 62.0. The SMILES string of the molecule is C[C@@H]1O[C@@H](O[C@@H]2[C@@H](O)[C@@H](O[C@H]3CC[C@@]4(C)C(CC[C@]5(C)C4CC=C4C6CC(C)(C)CC[C@]6(C(=O)O[C@@H]6[C@@H](O)[C@H](O)[C@@H](CO[C@@H]7O[C@H](CO)[C@@H](O)[C@H](O)[C@H]7O)O[C@H]6O)CC[C@]45C)C3(C)C)CO[C@H]2O)[C@H](O)[C@H](O[C@@H]2O[C@H](CO)[C@@H](O)[C@H](O)[C@H]2O)[C@H]1O. The molecule has 15 N–H and O–H groups in total.